The Bertz CT molecular complexity index is 410. The number of aromatic hydroxyl groups is 1. The van der Waals surface area contributed by atoms with Crippen molar-refractivity contribution in [1.82, 2.24) is 0 Å². The topological polar surface area (TPSA) is 20.2 Å². The van der Waals surface area contributed by atoms with Crippen LogP contribution in [0.15, 0.2) is 40.2 Å². The molecule has 1 nitrogen and oxygen atoms in total. The van der Waals surface area contributed by atoms with Crippen molar-refractivity contribution in [3.63, 3.8) is 0 Å². The molecule has 1 aromatic rings. The summed E-state index contributed by atoms with van der Waals surface area (Å²) in [7, 11) is 0. The number of halogens is 1. The smallest absolute Gasteiger partial charge is 0.123 e. The van der Waals surface area contributed by atoms with Crippen LogP contribution in [0.1, 0.15) is 5.56 Å². The maximum Gasteiger partial charge on any atom is 0.123 e. The summed E-state index contributed by atoms with van der Waals surface area (Å²) in [6.07, 6.45) is 2.10. The average Bonchev–Trinajstić information content (AvgIpc) is 2.20. The zero-order valence-corrected chi connectivity index (χ0v) is 9.81. The predicted molar refractivity (Wildman–Crippen MR) is 65.6 cm³/mol. The first-order valence-corrected chi connectivity index (χ1v) is 6.09. The summed E-state index contributed by atoms with van der Waals surface area (Å²) in [6.45, 7) is 0. The maximum atomic E-state index is 9.68. The van der Waals surface area contributed by atoms with E-state index in [9.17, 15) is 5.11 Å². The van der Waals surface area contributed by atoms with E-state index in [-0.39, 0.29) is 0 Å². The van der Waals surface area contributed by atoms with Crippen molar-refractivity contribution in [2.24, 2.45) is 0 Å². The molecule has 3 heteroatoms. The third kappa shape index (κ3) is 1.88. The van der Waals surface area contributed by atoms with Gasteiger partial charge in [-0.2, -0.15) is 0 Å². The molecule has 0 fully saturated rings. The molecular weight excluding hydrogens is 260 g/mol. The SMILES string of the molecule is Oc1ccccc1C1=CSCC=C1Br. The van der Waals surface area contributed by atoms with Gasteiger partial charge >= 0.3 is 0 Å². The van der Waals surface area contributed by atoms with E-state index in [1.165, 1.54) is 0 Å². The van der Waals surface area contributed by atoms with Crippen LogP contribution in [0.25, 0.3) is 5.57 Å². The van der Waals surface area contributed by atoms with E-state index >= 15 is 0 Å². The molecular formula is C11H9BrOS. The van der Waals surface area contributed by atoms with E-state index in [0.717, 1.165) is 21.4 Å². The van der Waals surface area contributed by atoms with Crippen molar-refractivity contribution < 1.29 is 5.11 Å². The van der Waals surface area contributed by atoms with Crippen LogP contribution in [0.3, 0.4) is 0 Å². The number of thioether (sulfide) groups is 1. The number of hydrogen-bond acceptors (Lipinski definition) is 2. The van der Waals surface area contributed by atoms with E-state index < -0.39 is 0 Å². The standard InChI is InChI=1S/C11H9BrOS/c12-10-5-6-14-7-9(10)8-3-1-2-4-11(8)13/h1-5,7,13H,6H2. The number of allylic oxidation sites excluding steroid dienone is 2. The number of rotatable bonds is 1. The van der Waals surface area contributed by atoms with E-state index in [2.05, 4.69) is 27.4 Å². The first-order valence-electron chi connectivity index (χ1n) is 4.25. The summed E-state index contributed by atoms with van der Waals surface area (Å²) in [6, 6.07) is 7.38. The van der Waals surface area contributed by atoms with Crippen molar-refractivity contribution in [2.75, 3.05) is 5.75 Å². The number of benzene rings is 1. The molecule has 0 amide bonds. The molecule has 2 rings (SSSR count). The van der Waals surface area contributed by atoms with Crippen LogP contribution in [0, 0.1) is 0 Å². The Hall–Kier alpha value is -0.670. The largest absolute Gasteiger partial charge is 0.507 e. The highest BCUT2D eigenvalue weighted by atomic mass is 79.9. The highest BCUT2D eigenvalue weighted by Gasteiger charge is 2.11. The first-order chi connectivity index (χ1) is 6.79. The van der Waals surface area contributed by atoms with Gasteiger partial charge in [0.2, 0.25) is 0 Å². The van der Waals surface area contributed by atoms with Gasteiger partial charge < -0.3 is 5.11 Å². The van der Waals surface area contributed by atoms with Gasteiger partial charge in [0.15, 0.2) is 0 Å². The molecule has 0 radical (unpaired) electrons. The Kier molecular flexibility index (Phi) is 2.99. The molecule has 0 atom stereocenters. The van der Waals surface area contributed by atoms with Crippen LogP contribution < -0.4 is 0 Å². The Morgan fingerprint density at radius 3 is 2.79 bits per heavy atom. The van der Waals surface area contributed by atoms with Crippen LogP contribution in [0.4, 0.5) is 0 Å². The number of hydrogen-bond donors (Lipinski definition) is 1. The Morgan fingerprint density at radius 1 is 1.29 bits per heavy atom. The molecule has 0 bridgehead atoms. The van der Waals surface area contributed by atoms with Crippen LogP contribution in [-0.2, 0) is 0 Å². The molecule has 0 aromatic heterocycles. The third-order valence-corrected chi connectivity index (χ3v) is 3.52. The Balaban J connectivity index is 2.45. The van der Waals surface area contributed by atoms with Crippen LogP contribution >= 0.6 is 27.7 Å². The second-order valence-corrected chi connectivity index (χ2v) is 4.69. The van der Waals surface area contributed by atoms with Gasteiger partial charge in [-0.25, -0.2) is 0 Å². The molecule has 14 heavy (non-hydrogen) atoms. The quantitative estimate of drug-likeness (QED) is 0.837. The van der Waals surface area contributed by atoms with E-state index in [0.29, 0.717) is 5.75 Å². The second kappa shape index (κ2) is 4.24. The van der Waals surface area contributed by atoms with E-state index in [1.54, 1.807) is 17.8 Å². The Labute approximate surface area is 95.7 Å². The summed E-state index contributed by atoms with van der Waals surface area (Å²) < 4.78 is 1.05. The van der Waals surface area contributed by atoms with E-state index in [4.69, 9.17) is 0 Å². The number of phenols is 1. The average molecular weight is 269 g/mol. The fourth-order valence-electron chi connectivity index (χ4n) is 1.31. The molecule has 0 spiro atoms. The molecule has 1 heterocycles. The lowest BCUT2D eigenvalue weighted by Crippen LogP contribution is -1.89. The Morgan fingerprint density at radius 2 is 2.07 bits per heavy atom. The van der Waals surface area contributed by atoms with Gasteiger partial charge in [0.1, 0.15) is 5.75 Å². The van der Waals surface area contributed by atoms with Gasteiger partial charge in [-0.05, 0) is 11.5 Å². The monoisotopic (exact) mass is 268 g/mol. The molecule has 0 saturated heterocycles. The van der Waals surface area contributed by atoms with Gasteiger partial charge in [-0.1, -0.05) is 40.2 Å². The van der Waals surface area contributed by atoms with Gasteiger partial charge in [0.05, 0.1) is 0 Å². The van der Waals surface area contributed by atoms with Gasteiger partial charge in [-0.3, -0.25) is 0 Å². The van der Waals surface area contributed by atoms with Crippen molar-refractivity contribution in [3.8, 4) is 5.75 Å². The third-order valence-electron chi connectivity index (χ3n) is 2.01. The first kappa shape index (κ1) is 9.87. The summed E-state index contributed by atoms with van der Waals surface area (Å²) in [5, 5.41) is 11.8. The molecule has 0 unspecified atom stereocenters. The highest BCUT2D eigenvalue weighted by molar-refractivity contribution is 9.12. The summed E-state index contributed by atoms with van der Waals surface area (Å²) in [5.41, 5.74) is 1.93. The van der Waals surface area contributed by atoms with Crippen LogP contribution in [0.5, 0.6) is 5.75 Å². The van der Waals surface area contributed by atoms with E-state index in [1.807, 2.05) is 18.2 Å². The van der Waals surface area contributed by atoms with Crippen LogP contribution in [-0.4, -0.2) is 10.9 Å². The van der Waals surface area contributed by atoms with Gasteiger partial charge in [-0.15, -0.1) is 11.8 Å². The van der Waals surface area contributed by atoms with Gasteiger partial charge in [0, 0.05) is 21.4 Å². The highest BCUT2D eigenvalue weighted by Crippen LogP contribution is 2.37. The lowest BCUT2D eigenvalue weighted by molar-refractivity contribution is 0.473. The minimum Gasteiger partial charge on any atom is -0.507 e. The lowest BCUT2D eigenvalue weighted by atomic mass is 10.1. The molecule has 1 aliphatic heterocycles. The van der Waals surface area contributed by atoms with Crippen molar-refractivity contribution >= 4 is 33.3 Å². The number of para-hydroxylation sites is 1. The zero-order chi connectivity index (χ0) is 9.97. The fourth-order valence-corrected chi connectivity index (χ4v) is 2.95. The predicted octanol–water partition coefficient (Wildman–Crippen LogP) is 3.76. The van der Waals surface area contributed by atoms with Crippen molar-refractivity contribution in [1.29, 1.82) is 0 Å². The summed E-state index contributed by atoms with van der Waals surface area (Å²) >= 11 is 5.22. The molecule has 0 saturated carbocycles. The normalized spacial score (nSPS) is 16.1. The lowest BCUT2D eigenvalue weighted by Gasteiger charge is -2.12. The summed E-state index contributed by atoms with van der Waals surface area (Å²) in [5.74, 6) is 1.31. The van der Waals surface area contributed by atoms with Crippen LogP contribution in [0.2, 0.25) is 0 Å². The van der Waals surface area contributed by atoms with Crippen molar-refractivity contribution in [3.05, 3.63) is 45.8 Å². The molecule has 1 N–H and O–H groups in total. The maximum absolute atomic E-state index is 9.68. The van der Waals surface area contributed by atoms with Gasteiger partial charge in [0.25, 0.3) is 0 Å². The molecule has 0 aliphatic carbocycles. The fraction of sp³-hybridized carbons (Fsp3) is 0.0909. The zero-order valence-electron chi connectivity index (χ0n) is 7.40. The van der Waals surface area contributed by atoms with Crippen molar-refractivity contribution in [2.45, 2.75) is 0 Å². The second-order valence-electron chi connectivity index (χ2n) is 2.93. The molecule has 1 aliphatic rings. The molecule has 72 valence electrons. The summed E-state index contributed by atoms with van der Waals surface area (Å²) in [4.78, 5) is 0. The minimum atomic E-state index is 0.326. The molecule has 1 aromatic carbocycles. The minimum absolute atomic E-state index is 0.326. The number of phenolic OH excluding ortho intramolecular Hbond substituents is 1.